The minimum Gasteiger partial charge on any atom is -0.444 e. The molecule has 7 heteroatoms. The fourth-order valence-electron chi connectivity index (χ4n) is 3.45. The predicted molar refractivity (Wildman–Crippen MR) is 127 cm³/mol. The Morgan fingerprint density at radius 3 is 1.84 bits per heavy atom. The summed E-state index contributed by atoms with van der Waals surface area (Å²) >= 11 is 0. The van der Waals surface area contributed by atoms with E-state index in [9.17, 15) is 14.4 Å². The van der Waals surface area contributed by atoms with Crippen LogP contribution in [0.4, 0.5) is 4.79 Å². The molecule has 3 amide bonds. The molecule has 7 nitrogen and oxygen atoms in total. The summed E-state index contributed by atoms with van der Waals surface area (Å²) in [6, 6.07) is 4.16. The fraction of sp³-hybridized carbons (Fsp3) is 0.640. The van der Waals surface area contributed by atoms with Gasteiger partial charge >= 0.3 is 6.09 Å². The average Bonchev–Trinajstić information content (AvgIpc) is 2.54. The Hall–Kier alpha value is -2.57. The first kappa shape index (κ1) is 27.5. The van der Waals surface area contributed by atoms with Gasteiger partial charge in [0.1, 0.15) is 17.7 Å². The average molecular weight is 448 g/mol. The molecule has 2 atom stereocenters. The van der Waals surface area contributed by atoms with Gasteiger partial charge in [0.05, 0.1) is 0 Å². The van der Waals surface area contributed by atoms with Crippen molar-refractivity contribution in [3.05, 3.63) is 34.9 Å². The Bertz CT molecular complexity index is 814. The topological polar surface area (TPSA) is 87.7 Å². The van der Waals surface area contributed by atoms with Crippen LogP contribution >= 0.6 is 0 Å². The third-order valence-electron chi connectivity index (χ3n) is 4.65. The molecule has 32 heavy (non-hydrogen) atoms. The normalized spacial score (nSPS) is 13.9. The maximum atomic E-state index is 13.5. The number of carbonyl (C=O) groups is 3. The van der Waals surface area contributed by atoms with Gasteiger partial charge in [-0.25, -0.2) is 4.79 Å². The van der Waals surface area contributed by atoms with Crippen LogP contribution in [-0.2, 0) is 14.3 Å². The van der Waals surface area contributed by atoms with Gasteiger partial charge in [-0.1, -0.05) is 43.2 Å². The molecule has 1 aromatic rings. The molecule has 0 aliphatic carbocycles. The van der Waals surface area contributed by atoms with Crippen LogP contribution in [0.3, 0.4) is 0 Å². The number of amides is 3. The van der Waals surface area contributed by atoms with E-state index >= 15 is 0 Å². The van der Waals surface area contributed by atoms with Gasteiger partial charge in [0.15, 0.2) is 0 Å². The van der Waals surface area contributed by atoms with Crippen molar-refractivity contribution >= 4 is 17.9 Å². The number of benzene rings is 1. The van der Waals surface area contributed by atoms with Crippen molar-refractivity contribution in [2.45, 2.75) is 92.5 Å². The van der Waals surface area contributed by atoms with Crippen molar-refractivity contribution in [2.24, 2.45) is 5.92 Å². The Morgan fingerprint density at radius 1 is 0.938 bits per heavy atom. The quantitative estimate of drug-likeness (QED) is 0.682. The highest BCUT2D eigenvalue weighted by Crippen LogP contribution is 2.25. The molecule has 2 N–H and O–H groups in total. The van der Waals surface area contributed by atoms with E-state index in [2.05, 4.69) is 10.6 Å². The van der Waals surface area contributed by atoms with Crippen LogP contribution in [0.1, 0.15) is 78.1 Å². The molecular weight excluding hydrogens is 406 g/mol. The molecule has 1 rings (SSSR count). The zero-order valence-electron chi connectivity index (χ0n) is 21.5. The van der Waals surface area contributed by atoms with E-state index in [0.29, 0.717) is 0 Å². The Morgan fingerprint density at radius 2 is 1.44 bits per heavy atom. The zero-order valence-corrected chi connectivity index (χ0v) is 21.5. The lowest BCUT2D eigenvalue weighted by molar-refractivity contribution is -0.142. The van der Waals surface area contributed by atoms with Crippen LogP contribution in [0.2, 0.25) is 0 Å². The maximum absolute atomic E-state index is 13.5. The van der Waals surface area contributed by atoms with Crippen LogP contribution in [0, 0.1) is 19.8 Å². The van der Waals surface area contributed by atoms with Gasteiger partial charge in [0.2, 0.25) is 11.8 Å². The highest BCUT2D eigenvalue weighted by atomic mass is 16.6. The van der Waals surface area contributed by atoms with Crippen molar-refractivity contribution in [1.82, 2.24) is 15.5 Å². The third kappa shape index (κ3) is 8.52. The molecule has 0 radical (unpaired) electrons. The Kier molecular flexibility index (Phi) is 8.90. The molecule has 0 aliphatic heterocycles. The van der Waals surface area contributed by atoms with Crippen LogP contribution in [0.25, 0.3) is 0 Å². The second kappa shape index (κ2) is 10.4. The van der Waals surface area contributed by atoms with Crippen molar-refractivity contribution < 1.29 is 19.1 Å². The number of nitrogens with zero attached hydrogens (tertiary/aromatic N) is 1. The summed E-state index contributed by atoms with van der Waals surface area (Å²) in [7, 11) is 1.60. The van der Waals surface area contributed by atoms with E-state index in [0.717, 1.165) is 16.7 Å². The lowest BCUT2D eigenvalue weighted by Crippen LogP contribution is -2.55. The van der Waals surface area contributed by atoms with Gasteiger partial charge in [-0.15, -0.1) is 0 Å². The molecule has 0 bridgehead atoms. The number of nitrogens with one attached hydrogen (secondary N) is 2. The molecule has 0 fully saturated rings. The van der Waals surface area contributed by atoms with Crippen molar-refractivity contribution in [3.63, 3.8) is 0 Å². The second-order valence-electron chi connectivity index (χ2n) is 10.9. The lowest BCUT2D eigenvalue weighted by Gasteiger charge is -2.34. The molecular formula is C25H41N3O4. The standard InChI is InChI=1S/C25H41N3O4/c1-15(2)19(26-23(31)32-25(8,9)10)22(30)28(11)20(21(29)27-24(5,6)7)18-13-16(3)12-17(4)14-18/h12-15,19-20H,1-11H3,(H,26,31)(H,27,29). The van der Waals surface area contributed by atoms with Crippen LogP contribution < -0.4 is 10.6 Å². The SMILES string of the molecule is Cc1cc(C)cc(C(C(=O)NC(C)(C)C)N(C)C(=O)C(NC(=O)OC(C)(C)C)C(C)C)c1. The van der Waals surface area contributed by atoms with Gasteiger partial charge in [-0.3, -0.25) is 9.59 Å². The first-order chi connectivity index (χ1) is 14.4. The van der Waals surface area contributed by atoms with E-state index in [4.69, 9.17) is 4.74 Å². The Labute approximate surface area is 193 Å². The zero-order chi connectivity index (χ0) is 25.0. The first-order valence-corrected chi connectivity index (χ1v) is 11.1. The third-order valence-corrected chi connectivity index (χ3v) is 4.65. The van der Waals surface area contributed by atoms with E-state index in [1.54, 1.807) is 27.8 Å². The summed E-state index contributed by atoms with van der Waals surface area (Å²) in [6.07, 6.45) is -0.667. The van der Waals surface area contributed by atoms with Gasteiger partial charge in [-0.05, 0) is 66.9 Å². The van der Waals surface area contributed by atoms with Crippen LogP contribution in [-0.4, -0.2) is 47.0 Å². The summed E-state index contributed by atoms with van der Waals surface area (Å²) in [6.45, 7) is 18.6. The summed E-state index contributed by atoms with van der Waals surface area (Å²) < 4.78 is 5.34. The van der Waals surface area contributed by atoms with Crippen molar-refractivity contribution in [1.29, 1.82) is 0 Å². The van der Waals surface area contributed by atoms with Crippen molar-refractivity contribution in [2.75, 3.05) is 7.05 Å². The summed E-state index contributed by atoms with van der Waals surface area (Å²) in [5.74, 6) is -0.847. The number of aryl methyl sites for hydroxylation is 2. The van der Waals surface area contributed by atoms with Gasteiger partial charge in [0.25, 0.3) is 0 Å². The van der Waals surface area contributed by atoms with Crippen LogP contribution in [0.15, 0.2) is 18.2 Å². The molecule has 0 aliphatic rings. The number of hydrogen-bond donors (Lipinski definition) is 2. The molecule has 0 aromatic heterocycles. The monoisotopic (exact) mass is 447 g/mol. The lowest BCUT2D eigenvalue weighted by atomic mass is 9.96. The van der Waals surface area contributed by atoms with E-state index in [1.165, 1.54) is 4.90 Å². The largest absolute Gasteiger partial charge is 0.444 e. The van der Waals surface area contributed by atoms with E-state index in [-0.39, 0.29) is 17.7 Å². The Balaban J connectivity index is 3.33. The molecule has 0 saturated carbocycles. The van der Waals surface area contributed by atoms with E-state index in [1.807, 2.05) is 66.7 Å². The molecule has 0 saturated heterocycles. The second-order valence-corrected chi connectivity index (χ2v) is 10.9. The number of carbonyl (C=O) groups excluding carboxylic acids is 3. The fourth-order valence-corrected chi connectivity index (χ4v) is 3.45. The number of alkyl carbamates (subject to hydrolysis) is 1. The molecule has 2 unspecified atom stereocenters. The smallest absolute Gasteiger partial charge is 0.408 e. The molecule has 180 valence electrons. The highest BCUT2D eigenvalue weighted by Gasteiger charge is 2.36. The number of hydrogen-bond acceptors (Lipinski definition) is 4. The van der Waals surface area contributed by atoms with Gasteiger partial charge in [-0.2, -0.15) is 0 Å². The summed E-state index contributed by atoms with van der Waals surface area (Å²) in [5, 5.41) is 5.67. The summed E-state index contributed by atoms with van der Waals surface area (Å²) in [4.78, 5) is 40.6. The van der Waals surface area contributed by atoms with Crippen molar-refractivity contribution in [3.8, 4) is 0 Å². The highest BCUT2D eigenvalue weighted by molar-refractivity contribution is 5.92. The predicted octanol–water partition coefficient (Wildman–Crippen LogP) is 4.27. The number of rotatable bonds is 6. The van der Waals surface area contributed by atoms with Gasteiger partial charge in [0, 0.05) is 12.6 Å². The minimum atomic E-state index is -0.845. The summed E-state index contributed by atoms with van der Waals surface area (Å²) in [5.41, 5.74) is 1.57. The maximum Gasteiger partial charge on any atom is 0.408 e. The number of ether oxygens (including phenoxy) is 1. The molecule has 1 aromatic carbocycles. The first-order valence-electron chi connectivity index (χ1n) is 11.1. The molecule has 0 heterocycles. The van der Waals surface area contributed by atoms with Gasteiger partial charge < -0.3 is 20.3 Å². The minimum absolute atomic E-state index is 0.206. The number of likely N-dealkylation sites (N-methyl/N-ethyl adjacent to an activating group) is 1. The van der Waals surface area contributed by atoms with E-state index < -0.39 is 29.3 Å². The van der Waals surface area contributed by atoms with Crippen LogP contribution in [0.5, 0.6) is 0 Å². The molecule has 0 spiro atoms.